The number of aliphatic hydroxyl groups is 1. The maximum Gasteiger partial charge on any atom is 0.136 e. The second-order valence-electron chi connectivity index (χ2n) is 4.61. The molecule has 0 saturated heterocycles. The van der Waals surface area contributed by atoms with E-state index in [-0.39, 0.29) is 5.76 Å². The Morgan fingerprint density at radius 2 is 2.28 bits per heavy atom. The Morgan fingerprint density at radius 3 is 3.06 bits per heavy atom. The fraction of sp³-hybridized carbons (Fsp3) is 0.286. The molecule has 2 heterocycles. The molecule has 0 amide bonds. The lowest BCUT2D eigenvalue weighted by Gasteiger charge is -2.05. The molecular formula is C14H15N3O. The molecule has 4 nitrogen and oxygen atoms in total. The van der Waals surface area contributed by atoms with E-state index >= 15 is 0 Å². The van der Waals surface area contributed by atoms with Crippen molar-refractivity contribution in [3.63, 3.8) is 0 Å². The summed E-state index contributed by atoms with van der Waals surface area (Å²) in [5, 5.41) is 14.0. The SMILES string of the molecule is C=C(O)c1nn(C)c2c1CCCc1cccnc1-2. The summed E-state index contributed by atoms with van der Waals surface area (Å²) in [6.45, 7) is 3.59. The first-order valence-corrected chi connectivity index (χ1v) is 6.07. The normalized spacial score (nSPS) is 13.6. The van der Waals surface area contributed by atoms with Crippen molar-refractivity contribution >= 4 is 5.76 Å². The zero-order valence-electron chi connectivity index (χ0n) is 10.3. The summed E-state index contributed by atoms with van der Waals surface area (Å²) in [5.41, 5.74) is 4.89. The van der Waals surface area contributed by atoms with Crippen LogP contribution >= 0.6 is 0 Å². The van der Waals surface area contributed by atoms with E-state index in [1.54, 1.807) is 10.9 Å². The van der Waals surface area contributed by atoms with Gasteiger partial charge < -0.3 is 5.11 Å². The van der Waals surface area contributed by atoms with Crippen molar-refractivity contribution < 1.29 is 5.11 Å². The van der Waals surface area contributed by atoms with Crippen LogP contribution in [0.1, 0.15) is 23.2 Å². The highest BCUT2D eigenvalue weighted by atomic mass is 16.3. The maximum atomic E-state index is 9.64. The zero-order chi connectivity index (χ0) is 12.7. The number of aliphatic hydroxyl groups excluding tert-OH is 1. The van der Waals surface area contributed by atoms with Gasteiger partial charge in [-0.05, 0) is 30.9 Å². The van der Waals surface area contributed by atoms with Crippen LogP contribution in [0.15, 0.2) is 24.9 Å². The number of hydrogen-bond donors (Lipinski definition) is 1. The number of aromatic nitrogens is 3. The Morgan fingerprint density at radius 1 is 1.44 bits per heavy atom. The van der Waals surface area contributed by atoms with Crippen molar-refractivity contribution in [2.24, 2.45) is 7.05 Å². The number of rotatable bonds is 1. The molecule has 0 atom stereocenters. The van der Waals surface area contributed by atoms with Gasteiger partial charge in [0.1, 0.15) is 11.5 Å². The predicted octanol–water partition coefficient (Wildman–Crippen LogP) is 2.50. The molecule has 3 rings (SSSR count). The van der Waals surface area contributed by atoms with E-state index in [0.717, 1.165) is 36.2 Å². The lowest BCUT2D eigenvalue weighted by atomic mass is 10.1. The van der Waals surface area contributed by atoms with Crippen LogP contribution in [0.4, 0.5) is 0 Å². The van der Waals surface area contributed by atoms with Gasteiger partial charge in [0.2, 0.25) is 0 Å². The van der Waals surface area contributed by atoms with Gasteiger partial charge in [-0.1, -0.05) is 12.6 Å². The lowest BCUT2D eigenvalue weighted by molar-refractivity contribution is 0.507. The Kier molecular flexibility index (Phi) is 2.44. The highest BCUT2D eigenvalue weighted by Crippen LogP contribution is 2.33. The van der Waals surface area contributed by atoms with Gasteiger partial charge in [0, 0.05) is 18.8 Å². The van der Waals surface area contributed by atoms with Gasteiger partial charge in [0.15, 0.2) is 0 Å². The average molecular weight is 241 g/mol. The van der Waals surface area contributed by atoms with Gasteiger partial charge in [0.25, 0.3) is 0 Å². The highest BCUT2D eigenvalue weighted by molar-refractivity contribution is 5.71. The topological polar surface area (TPSA) is 50.9 Å². The van der Waals surface area contributed by atoms with Crippen LogP contribution in [-0.4, -0.2) is 19.9 Å². The molecular weight excluding hydrogens is 226 g/mol. The third kappa shape index (κ3) is 1.53. The standard InChI is InChI=1S/C14H15N3O/c1-9(18)12-11-7-3-5-10-6-4-8-15-13(10)14(11)17(2)16-12/h4,6,8,18H,1,3,5,7H2,2H3. The molecule has 2 aromatic heterocycles. The predicted molar refractivity (Wildman–Crippen MR) is 70.1 cm³/mol. The van der Waals surface area contributed by atoms with Gasteiger partial charge in [-0.3, -0.25) is 9.67 Å². The molecule has 2 aromatic rings. The Bertz CT molecular complexity index is 628. The molecule has 0 fully saturated rings. The summed E-state index contributed by atoms with van der Waals surface area (Å²) in [4.78, 5) is 4.48. The number of pyridine rings is 1. The minimum atomic E-state index is 0.0335. The third-order valence-electron chi connectivity index (χ3n) is 3.41. The smallest absolute Gasteiger partial charge is 0.136 e. The van der Waals surface area contributed by atoms with Crippen molar-refractivity contribution in [3.05, 3.63) is 41.7 Å². The highest BCUT2D eigenvalue weighted by Gasteiger charge is 2.24. The molecule has 0 unspecified atom stereocenters. The summed E-state index contributed by atoms with van der Waals surface area (Å²) < 4.78 is 1.79. The lowest BCUT2D eigenvalue weighted by Crippen LogP contribution is -1.98. The largest absolute Gasteiger partial charge is 0.506 e. The van der Waals surface area contributed by atoms with Crippen LogP contribution in [0.25, 0.3) is 17.1 Å². The van der Waals surface area contributed by atoms with Crippen LogP contribution < -0.4 is 0 Å². The summed E-state index contributed by atoms with van der Waals surface area (Å²) in [5.74, 6) is 0.0335. The van der Waals surface area contributed by atoms with Gasteiger partial charge in [-0.2, -0.15) is 5.10 Å². The van der Waals surface area contributed by atoms with E-state index in [4.69, 9.17) is 0 Å². The van der Waals surface area contributed by atoms with E-state index < -0.39 is 0 Å². The van der Waals surface area contributed by atoms with E-state index in [9.17, 15) is 5.11 Å². The fourth-order valence-corrected chi connectivity index (χ4v) is 2.64. The molecule has 4 heteroatoms. The second-order valence-corrected chi connectivity index (χ2v) is 4.61. The quantitative estimate of drug-likeness (QED) is 0.780. The monoisotopic (exact) mass is 241 g/mol. The molecule has 1 N–H and O–H groups in total. The average Bonchev–Trinajstić information content (AvgIpc) is 2.57. The van der Waals surface area contributed by atoms with Crippen molar-refractivity contribution in [3.8, 4) is 11.4 Å². The summed E-state index contributed by atoms with van der Waals surface area (Å²) in [6.07, 6.45) is 4.75. The van der Waals surface area contributed by atoms with E-state index in [1.165, 1.54) is 5.56 Å². The summed E-state index contributed by atoms with van der Waals surface area (Å²) in [6, 6.07) is 4.07. The minimum Gasteiger partial charge on any atom is -0.506 e. The second kappa shape index (κ2) is 3.98. The number of fused-ring (bicyclic) bond motifs is 3. The van der Waals surface area contributed by atoms with Crippen LogP contribution in [0.2, 0.25) is 0 Å². The first-order chi connectivity index (χ1) is 8.68. The van der Waals surface area contributed by atoms with Crippen molar-refractivity contribution in [2.75, 3.05) is 0 Å². The molecule has 0 bridgehead atoms. The summed E-state index contributed by atoms with van der Waals surface area (Å²) >= 11 is 0. The molecule has 18 heavy (non-hydrogen) atoms. The molecule has 1 aliphatic rings. The Labute approximate surface area is 106 Å². The molecule has 0 spiro atoms. The van der Waals surface area contributed by atoms with Crippen molar-refractivity contribution in [1.82, 2.24) is 14.8 Å². The van der Waals surface area contributed by atoms with E-state index in [2.05, 4.69) is 22.7 Å². The Hall–Kier alpha value is -2.10. The van der Waals surface area contributed by atoms with Crippen LogP contribution in [0.5, 0.6) is 0 Å². The first-order valence-electron chi connectivity index (χ1n) is 6.07. The molecule has 0 radical (unpaired) electrons. The maximum absolute atomic E-state index is 9.64. The van der Waals surface area contributed by atoms with Gasteiger partial charge in [-0.15, -0.1) is 0 Å². The number of nitrogens with zero attached hydrogens (tertiary/aromatic N) is 3. The molecule has 0 aromatic carbocycles. The van der Waals surface area contributed by atoms with Crippen LogP contribution in [-0.2, 0) is 19.9 Å². The Balaban J connectivity index is 2.31. The van der Waals surface area contributed by atoms with E-state index in [1.807, 2.05) is 13.1 Å². The van der Waals surface area contributed by atoms with Gasteiger partial charge >= 0.3 is 0 Å². The molecule has 0 saturated carbocycles. The third-order valence-corrected chi connectivity index (χ3v) is 3.41. The molecule has 0 aliphatic heterocycles. The summed E-state index contributed by atoms with van der Waals surface area (Å²) in [7, 11) is 1.88. The van der Waals surface area contributed by atoms with Crippen molar-refractivity contribution in [1.29, 1.82) is 0 Å². The van der Waals surface area contributed by atoms with Gasteiger partial charge in [-0.25, -0.2) is 0 Å². The fourth-order valence-electron chi connectivity index (χ4n) is 2.64. The van der Waals surface area contributed by atoms with Crippen LogP contribution in [0, 0.1) is 0 Å². The number of hydrogen-bond acceptors (Lipinski definition) is 3. The molecule has 1 aliphatic carbocycles. The molecule has 92 valence electrons. The van der Waals surface area contributed by atoms with Crippen LogP contribution in [0.3, 0.4) is 0 Å². The first kappa shape index (κ1) is 11.0. The van der Waals surface area contributed by atoms with E-state index in [0.29, 0.717) is 5.69 Å². The number of aryl methyl sites for hydroxylation is 2. The zero-order valence-corrected chi connectivity index (χ0v) is 10.3. The minimum absolute atomic E-state index is 0.0335. The van der Waals surface area contributed by atoms with Crippen molar-refractivity contribution in [2.45, 2.75) is 19.3 Å². The van der Waals surface area contributed by atoms with Gasteiger partial charge in [0.05, 0.1) is 11.4 Å².